The lowest BCUT2D eigenvalue weighted by atomic mass is 10.1. The number of carbonyl (C=O) groups is 1. The molecule has 0 aliphatic carbocycles. The molecular formula is C23H22Cl2N4O2. The van der Waals surface area contributed by atoms with Gasteiger partial charge in [0.2, 0.25) is 0 Å². The van der Waals surface area contributed by atoms with Crippen LogP contribution in [-0.4, -0.2) is 35.8 Å². The second-order valence-corrected chi connectivity index (χ2v) is 8.16. The predicted octanol–water partition coefficient (Wildman–Crippen LogP) is 5.46. The maximum Gasteiger partial charge on any atom is 0.262 e. The monoisotopic (exact) mass is 456 g/mol. The molecule has 1 saturated heterocycles. The third kappa shape index (κ3) is 5.66. The van der Waals surface area contributed by atoms with Crippen LogP contribution < -0.4 is 15.0 Å². The maximum atomic E-state index is 12.2. The minimum Gasteiger partial charge on any atom is -0.482 e. The molecule has 6 nitrogen and oxygen atoms in total. The van der Waals surface area contributed by atoms with Crippen LogP contribution in [0.4, 0.5) is 11.5 Å². The molecule has 1 N–H and O–H groups in total. The van der Waals surface area contributed by atoms with E-state index in [-0.39, 0.29) is 12.5 Å². The Hall–Kier alpha value is -2.83. The summed E-state index contributed by atoms with van der Waals surface area (Å²) in [5.41, 5.74) is 2.38. The summed E-state index contributed by atoms with van der Waals surface area (Å²) in [6, 6.07) is 16.3. The van der Waals surface area contributed by atoms with Crippen LogP contribution >= 0.6 is 23.2 Å². The Morgan fingerprint density at radius 2 is 1.74 bits per heavy atom. The lowest BCUT2D eigenvalue weighted by Crippen LogP contribution is -2.30. The Kier molecular flexibility index (Phi) is 6.89. The molecule has 4 rings (SSSR count). The molecule has 0 radical (unpaired) electrons. The Morgan fingerprint density at radius 1 is 0.968 bits per heavy atom. The third-order valence-corrected chi connectivity index (χ3v) is 5.59. The fourth-order valence-electron chi connectivity index (χ4n) is 3.42. The maximum absolute atomic E-state index is 12.2. The van der Waals surface area contributed by atoms with Crippen molar-refractivity contribution in [3.05, 3.63) is 64.6 Å². The number of nitrogens with zero attached hydrogens (tertiary/aromatic N) is 3. The summed E-state index contributed by atoms with van der Waals surface area (Å²) in [7, 11) is 0. The molecule has 0 spiro atoms. The first kappa shape index (κ1) is 21.4. The molecule has 0 bridgehead atoms. The van der Waals surface area contributed by atoms with Crippen molar-refractivity contribution in [3.8, 4) is 17.0 Å². The number of ether oxygens (including phenoxy) is 1. The first-order valence-corrected chi connectivity index (χ1v) is 10.9. The van der Waals surface area contributed by atoms with E-state index in [0.29, 0.717) is 21.5 Å². The average Bonchev–Trinajstić information content (AvgIpc) is 2.81. The van der Waals surface area contributed by atoms with Gasteiger partial charge in [0.05, 0.1) is 10.7 Å². The number of aromatic nitrogens is 2. The molecule has 0 saturated carbocycles. The lowest BCUT2D eigenvalue weighted by molar-refractivity contribution is -0.118. The quantitative estimate of drug-likeness (QED) is 0.533. The second kappa shape index (κ2) is 9.98. The highest BCUT2D eigenvalue weighted by Crippen LogP contribution is 2.28. The molecular weight excluding hydrogens is 435 g/mol. The third-order valence-electron chi connectivity index (χ3n) is 5.05. The highest BCUT2D eigenvalue weighted by molar-refractivity contribution is 6.34. The van der Waals surface area contributed by atoms with Gasteiger partial charge in [0.15, 0.2) is 12.4 Å². The highest BCUT2D eigenvalue weighted by atomic mass is 35.5. The van der Waals surface area contributed by atoms with E-state index in [1.807, 2.05) is 36.4 Å². The Balaban J connectivity index is 1.33. The highest BCUT2D eigenvalue weighted by Gasteiger charge is 2.13. The lowest BCUT2D eigenvalue weighted by Gasteiger charge is -2.27. The van der Waals surface area contributed by atoms with Crippen molar-refractivity contribution in [1.82, 2.24) is 10.2 Å². The zero-order valence-corrected chi connectivity index (χ0v) is 18.4. The second-order valence-electron chi connectivity index (χ2n) is 7.31. The number of rotatable bonds is 6. The molecule has 1 amide bonds. The van der Waals surface area contributed by atoms with Crippen molar-refractivity contribution in [2.45, 2.75) is 19.3 Å². The summed E-state index contributed by atoms with van der Waals surface area (Å²) in [5.74, 6) is 0.993. The number of hydrogen-bond acceptors (Lipinski definition) is 5. The molecule has 2 aromatic carbocycles. The topological polar surface area (TPSA) is 67.3 Å². The van der Waals surface area contributed by atoms with Crippen molar-refractivity contribution in [2.75, 3.05) is 29.9 Å². The Labute approximate surface area is 191 Å². The summed E-state index contributed by atoms with van der Waals surface area (Å²) in [5, 5.41) is 12.4. The van der Waals surface area contributed by atoms with Crippen LogP contribution in [0.1, 0.15) is 19.3 Å². The van der Waals surface area contributed by atoms with Gasteiger partial charge < -0.3 is 15.0 Å². The van der Waals surface area contributed by atoms with Gasteiger partial charge in [-0.2, -0.15) is 0 Å². The van der Waals surface area contributed by atoms with Gasteiger partial charge in [-0.3, -0.25) is 4.79 Å². The zero-order valence-electron chi connectivity index (χ0n) is 16.9. The van der Waals surface area contributed by atoms with Gasteiger partial charge in [0.1, 0.15) is 5.75 Å². The number of piperidine rings is 1. The molecule has 1 fully saturated rings. The number of carbonyl (C=O) groups excluding carboxylic acids is 1. The van der Waals surface area contributed by atoms with E-state index in [1.165, 1.54) is 19.3 Å². The van der Waals surface area contributed by atoms with Crippen LogP contribution in [0.2, 0.25) is 10.0 Å². The summed E-state index contributed by atoms with van der Waals surface area (Å²) in [6.07, 6.45) is 3.69. The largest absolute Gasteiger partial charge is 0.482 e. The SMILES string of the molecule is O=C(COc1cc(Cl)ccc1Cl)Nc1ccc(-c2ccc(N3CCCCC3)nn2)cc1. The minimum atomic E-state index is -0.297. The predicted molar refractivity (Wildman–Crippen MR) is 124 cm³/mol. The van der Waals surface area contributed by atoms with E-state index in [9.17, 15) is 4.79 Å². The van der Waals surface area contributed by atoms with E-state index in [0.717, 1.165) is 30.2 Å². The van der Waals surface area contributed by atoms with Crippen molar-refractivity contribution >= 4 is 40.6 Å². The number of halogens is 2. The van der Waals surface area contributed by atoms with Crippen LogP contribution in [0.15, 0.2) is 54.6 Å². The molecule has 8 heteroatoms. The summed E-state index contributed by atoms with van der Waals surface area (Å²) in [4.78, 5) is 14.5. The van der Waals surface area contributed by atoms with Gasteiger partial charge in [-0.05, 0) is 55.7 Å². The van der Waals surface area contributed by atoms with Gasteiger partial charge >= 0.3 is 0 Å². The van der Waals surface area contributed by atoms with E-state index in [2.05, 4.69) is 20.4 Å². The molecule has 1 aromatic heterocycles. The molecule has 160 valence electrons. The van der Waals surface area contributed by atoms with Crippen LogP contribution in [0, 0.1) is 0 Å². The summed E-state index contributed by atoms with van der Waals surface area (Å²) >= 11 is 12.0. The number of anilines is 2. The first-order chi connectivity index (χ1) is 15.1. The van der Waals surface area contributed by atoms with E-state index in [1.54, 1.807) is 18.2 Å². The van der Waals surface area contributed by atoms with E-state index >= 15 is 0 Å². The molecule has 2 heterocycles. The van der Waals surface area contributed by atoms with Gasteiger partial charge in [-0.25, -0.2) is 0 Å². The standard InChI is InChI=1S/C23H22Cl2N4O2/c24-17-6-9-19(25)21(14-17)31-15-23(30)26-18-7-4-16(5-8-18)20-10-11-22(28-27-20)29-12-2-1-3-13-29/h4-11,14H,1-3,12-13,15H2,(H,26,30). The van der Waals surface area contributed by atoms with Crippen molar-refractivity contribution in [1.29, 1.82) is 0 Å². The molecule has 1 aliphatic heterocycles. The molecule has 0 unspecified atom stereocenters. The minimum absolute atomic E-state index is 0.175. The van der Waals surface area contributed by atoms with Gasteiger partial charge in [0.25, 0.3) is 5.91 Å². The van der Waals surface area contributed by atoms with Crippen LogP contribution in [0.25, 0.3) is 11.3 Å². The van der Waals surface area contributed by atoms with E-state index in [4.69, 9.17) is 27.9 Å². The van der Waals surface area contributed by atoms with Crippen molar-refractivity contribution in [3.63, 3.8) is 0 Å². The Morgan fingerprint density at radius 3 is 2.45 bits per heavy atom. The molecule has 0 atom stereocenters. The van der Waals surface area contributed by atoms with Gasteiger partial charge in [0, 0.05) is 35.4 Å². The van der Waals surface area contributed by atoms with Crippen LogP contribution in [0.5, 0.6) is 5.75 Å². The summed E-state index contributed by atoms with van der Waals surface area (Å²) in [6.45, 7) is 1.90. The van der Waals surface area contributed by atoms with Crippen LogP contribution in [0.3, 0.4) is 0 Å². The fourth-order valence-corrected chi connectivity index (χ4v) is 3.76. The number of nitrogens with one attached hydrogen (secondary N) is 1. The normalized spacial score (nSPS) is 13.7. The molecule has 3 aromatic rings. The fraction of sp³-hybridized carbons (Fsp3) is 0.261. The zero-order chi connectivity index (χ0) is 21.6. The van der Waals surface area contributed by atoms with E-state index < -0.39 is 0 Å². The van der Waals surface area contributed by atoms with Gasteiger partial charge in [-0.15, -0.1) is 10.2 Å². The van der Waals surface area contributed by atoms with Gasteiger partial charge in [-0.1, -0.05) is 35.3 Å². The Bertz CT molecular complexity index is 1040. The molecule has 31 heavy (non-hydrogen) atoms. The molecule has 1 aliphatic rings. The number of benzene rings is 2. The number of hydrogen-bond donors (Lipinski definition) is 1. The smallest absolute Gasteiger partial charge is 0.262 e. The summed E-state index contributed by atoms with van der Waals surface area (Å²) < 4.78 is 5.46. The van der Waals surface area contributed by atoms with Crippen molar-refractivity contribution in [2.24, 2.45) is 0 Å². The number of amides is 1. The first-order valence-electron chi connectivity index (χ1n) is 10.2. The van der Waals surface area contributed by atoms with Crippen LogP contribution in [-0.2, 0) is 4.79 Å². The average molecular weight is 457 g/mol. The van der Waals surface area contributed by atoms with Crippen molar-refractivity contribution < 1.29 is 9.53 Å².